The summed E-state index contributed by atoms with van der Waals surface area (Å²) >= 11 is 5.26. The minimum absolute atomic E-state index is 0.0826. The molecule has 0 saturated carbocycles. The van der Waals surface area contributed by atoms with E-state index in [4.69, 9.17) is 15.9 Å². The van der Waals surface area contributed by atoms with Gasteiger partial charge in [0.2, 0.25) is 17.7 Å². The Labute approximate surface area is 172 Å². The summed E-state index contributed by atoms with van der Waals surface area (Å²) in [6.07, 6.45) is 1.71. The van der Waals surface area contributed by atoms with Crippen LogP contribution in [0.4, 0.5) is 0 Å². The number of nitrogens with one attached hydrogen (secondary N) is 3. The molecule has 3 atom stereocenters. The van der Waals surface area contributed by atoms with Crippen molar-refractivity contribution in [2.45, 2.75) is 37.4 Å². The number of hydrogen-bond donors (Lipinski definition) is 7. The summed E-state index contributed by atoms with van der Waals surface area (Å²) in [5.41, 5.74) is 5.62. The number of carbonyl (C=O) groups is 5. The van der Waals surface area contributed by atoms with Crippen LogP contribution in [-0.2, 0) is 24.0 Å². The lowest BCUT2D eigenvalue weighted by Gasteiger charge is -2.20. The number of carbonyl (C=O) groups excluding carboxylic acids is 3. The third-order valence-electron chi connectivity index (χ3n) is 3.49. The van der Waals surface area contributed by atoms with Crippen molar-refractivity contribution in [3.8, 4) is 0 Å². The number of thioether (sulfide) groups is 1. The standard InChI is InChI=1S/C15H26N4O7S2/c1-28-5-4-9(19-13(23)8(16)2-3-12(21)22)14(24)17-6-11(20)18-10(7-27)15(25)26/h8-10,27H,2-7,16H2,1H3,(H,17,24)(H,18,20)(H,19,23)(H,21,22)(H,25,26). The first-order valence-electron chi connectivity index (χ1n) is 8.29. The van der Waals surface area contributed by atoms with E-state index in [0.29, 0.717) is 5.75 Å². The number of hydrogen-bond acceptors (Lipinski definition) is 8. The van der Waals surface area contributed by atoms with Crippen LogP contribution in [-0.4, -0.2) is 82.3 Å². The van der Waals surface area contributed by atoms with E-state index in [1.165, 1.54) is 11.8 Å². The maximum atomic E-state index is 12.3. The van der Waals surface area contributed by atoms with Gasteiger partial charge in [0.05, 0.1) is 12.6 Å². The summed E-state index contributed by atoms with van der Waals surface area (Å²) in [6.45, 7) is -0.479. The molecule has 11 nitrogen and oxygen atoms in total. The Hall–Kier alpha value is -1.99. The first-order valence-corrected chi connectivity index (χ1v) is 10.3. The molecule has 0 aromatic carbocycles. The van der Waals surface area contributed by atoms with E-state index < -0.39 is 54.3 Å². The summed E-state index contributed by atoms with van der Waals surface area (Å²) in [5.74, 6) is -3.95. The van der Waals surface area contributed by atoms with Crippen molar-refractivity contribution >= 4 is 54.1 Å². The monoisotopic (exact) mass is 438 g/mol. The molecule has 0 rings (SSSR count). The van der Waals surface area contributed by atoms with Gasteiger partial charge in [-0.05, 0) is 24.9 Å². The lowest BCUT2D eigenvalue weighted by Crippen LogP contribution is -2.53. The zero-order valence-corrected chi connectivity index (χ0v) is 17.1. The van der Waals surface area contributed by atoms with Gasteiger partial charge in [0.25, 0.3) is 0 Å². The molecule has 0 fully saturated rings. The number of rotatable bonds is 14. The minimum atomic E-state index is -1.25. The number of amides is 3. The molecule has 0 aromatic rings. The Bertz CT molecular complexity index is 577. The van der Waals surface area contributed by atoms with Crippen LogP contribution >= 0.6 is 24.4 Å². The van der Waals surface area contributed by atoms with Crippen LogP contribution in [0.3, 0.4) is 0 Å². The zero-order chi connectivity index (χ0) is 21.7. The Morgan fingerprint density at radius 2 is 1.68 bits per heavy atom. The van der Waals surface area contributed by atoms with Crippen LogP contribution in [0.25, 0.3) is 0 Å². The normalized spacial score (nSPS) is 13.7. The fourth-order valence-corrected chi connectivity index (χ4v) is 2.63. The molecule has 0 saturated heterocycles. The van der Waals surface area contributed by atoms with Gasteiger partial charge in [-0.1, -0.05) is 0 Å². The lowest BCUT2D eigenvalue weighted by molar-refractivity contribution is -0.141. The summed E-state index contributed by atoms with van der Waals surface area (Å²) in [5, 5.41) is 24.5. The van der Waals surface area contributed by atoms with Crippen molar-refractivity contribution in [3.05, 3.63) is 0 Å². The summed E-state index contributed by atoms with van der Waals surface area (Å²) in [7, 11) is 0. The third-order valence-corrected chi connectivity index (χ3v) is 4.50. The number of aliphatic carboxylic acids is 2. The Morgan fingerprint density at radius 3 is 2.18 bits per heavy atom. The molecule has 160 valence electrons. The summed E-state index contributed by atoms with van der Waals surface area (Å²) < 4.78 is 0. The number of thiol groups is 1. The number of carboxylic acids is 2. The second-order valence-corrected chi connectivity index (χ2v) is 7.09. The molecule has 0 radical (unpaired) electrons. The highest BCUT2D eigenvalue weighted by Crippen LogP contribution is 2.03. The van der Waals surface area contributed by atoms with Crippen LogP contribution in [0.5, 0.6) is 0 Å². The molecule has 7 N–H and O–H groups in total. The first kappa shape index (κ1) is 26.0. The van der Waals surface area contributed by atoms with Crippen LogP contribution < -0.4 is 21.7 Å². The van der Waals surface area contributed by atoms with E-state index >= 15 is 0 Å². The van der Waals surface area contributed by atoms with Crippen LogP contribution in [0, 0.1) is 0 Å². The molecule has 0 spiro atoms. The van der Waals surface area contributed by atoms with Gasteiger partial charge in [0.1, 0.15) is 12.1 Å². The van der Waals surface area contributed by atoms with Gasteiger partial charge in [-0.3, -0.25) is 19.2 Å². The van der Waals surface area contributed by atoms with Crippen molar-refractivity contribution in [2.75, 3.05) is 24.3 Å². The molecule has 28 heavy (non-hydrogen) atoms. The molecule has 0 aliphatic heterocycles. The molecule has 13 heteroatoms. The highest BCUT2D eigenvalue weighted by Gasteiger charge is 2.25. The lowest BCUT2D eigenvalue weighted by atomic mass is 10.1. The van der Waals surface area contributed by atoms with E-state index in [1.807, 2.05) is 6.26 Å². The highest BCUT2D eigenvalue weighted by atomic mass is 32.2. The SMILES string of the molecule is CSCCC(NC(=O)C(N)CCC(=O)O)C(=O)NCC(=O)NC(CS)C(=O)O. The van der Waals surface area contributed by atoms with Gasteiger partial charge >= 0.3 is 11.9 Å². The van der Waals surface area contributed by atoms with E-state index in [-0.39, 0.29) is 25.0 Å². The van der Waals surface area contributed by atoms with Crippen LogP contribution in [0.15, 0.2) is 0 Å². The molecule has 0 aromatic heterocycles. The minimum Gasteiger partial charge on any atom is -0.481 e. The van der Waals surface area contributed by atoms with E-state index in [9.17, 15) is 24.0 Å². The van der Waals surface area contributed by atoms with Gasteiger partial charge in [-0.15, -0.1) is 0 Å². The van der Waals surface area contributed by atoms with Gasteiger partial charge in [-0.25, -0.2) is 4.79 Å². The van der Waals surface area contributed by atoms with Gasteiger partial charge in [0.15, 0.2) is 0 Å². The van der Waals surface area contributed by atoms with Crippen molar-refractivity contribution in [2.24, 2.45) is 5.73 Å². The van der Waals surface area contributed by atoms with Crippen molar-refractivity contribution in [3.63, 3.8) is 0 Å². The van der Waals surface area contributed by atoms with E-state index in [1.54, 1.807) is 0 Å². The topological polar surface area (TPSA) is 188 Å². The average Bonchev–Trinajstić information content (AvgIpc) is 2.64. The van der Waals surface area contributed by atoms with E-state index in [2.05, 4.69) is 28.6 Å². The predicted molar refractivity (Wildman–Crippen MR) is 106 cm³/mol. The second kappa shape index (κ2) is 14.1. The molecule has 0 heterocycles. The quantitative estimate of drug-likeness (QED) is 0.151. The molecular weight excluding hydrogens is 412 g/mol. The van der Waals surface area contributed by atoms with E-state index in [0.717, 1.165) is 0 Å². The fraction of sp³-hybridized carbons (Fsp3) is 0.667. The Balaban J connectivity index is 4.71. The summed E-state index contributed by atoms with van der Waals surface area (Å²) in [4.78, 5) is 57.5. The summed E-state index contributed by atoms with van der Waals surface area (Å²) in [6, 6.07) is -3.24. The van der Waals surface area contributed by atoms with Gasteiger partial charge < -0.3 is 31.9 Å². The van der Waals surface area contributed by atoms with Gasteiger partial charge in [0, 0.05) is 12.2 Å². The Kier molecular flexibility index (Phi) is 13.1. The molecule has 3 unspecified atom stereocenters. The predicted octanol–water partition coefficient (Wildman–Crippen LogP) is -1.97. The van der Waals surface area contributed by atoms with Gasteiger partial charge in [-0.2, -0.15) is 24.4 Å². The number of carboxylic acid groups (broad SMARTS) is 2. The highest BCUT2D eigenvalue weighted by molar-refractivity contribution is 7.98. The average molecular weight is 439 g/mol. The molecule has 0 aliphatic carbocycles. The number of nitrogens with two attached hydrogens (primary N) is 1. The molecule has 0 aliphatic rings. The van der Waals surface area contributed by atoms with Crippen LogP contribution in [0.1, 0.15) is 19.3 Å². The maximum Gasteiger partial charge on any atom is 0.327 e. The maximum absolute atomic E-state index is 12.3. The van der Waals surface area contributed by atoms with Crippen molar-refractivity contribution in [1.29, 1.82) is 0 Å². The third kappa shape index (κ3) is 11.0. The second-order valence-electron chi connectivity index (χ2n) is 5.74. The fourth-order valence-electron chi connectivity index (χ4n) is 1.91. The smallest absolute Gasteiger partial charge is 0.327 e. The first-order chi connectivity index (χ1) is 13.1. The molecular formula is C15H26N4O7S2. The molecule has 0 bridgehead atoms. The zero-order valence-electron chi connectivity index (χ0n) is 15.3. The molecule has 3 amide bonds. The van der Waals surface area contributed by atoms with Crippen molar-refractivity contribution in [1.82, 2.24) is 16.0 Å². The van der Waals surface area contributed by atoms with Crippen molar-refractivity contribution < 1.29 is 34.2 Å². The Morgan fingerprint density at radius 1 is 1.04 bits per heavy atom. The van der Waals surface area contributed by atoms with Crippen LogP contribution in [0.2, 0.25) is 0 Å². The largest absolute Gasteiger partial charge is 0.481 e.